The number of piperidine rings is 1. The van der Waals surface area contributed by atoms with E-state index >= 15 is 0 Å². The first-order chi connectivity index (χ1) is 10.2. The van der Waals surface area contributed by atoms with Crippen molar-refractivity contribution in [1.29, 1.82) is 0 Å². The molecule has 0 saturated carbocycles. The molecule has 21 heavy (non-hydrogen) atoms. The summed E-state index contributed by atoms with van der Waals surface area (Å²) >= 11 is 0. The molecular weight excluding hydrogens is 264 g/mol. The second-order valence-corrected chi connectivity index (χ2v) is 6.77. The van der Waals surface area contributed by atoms with Gasteiger partial charge in [0, 0.05) is 25.7 Å². The van der Waals surface area contributed by atoms with Crippen LogP contribution in [0.1, 0.15) is 39.5 Å². The molecule has 0 N–H and O–H groups in total. The fourth-order valence-electron chi connectivity index (χ4n) is 3.78. The van der Waals surface area contributed by atoms with E-state index in [-0.39, 0.29) is 0 Å². The lowest BCUT2D eigenvalue weighted by atomic mass is 10.0. The number of likely N-dealkylation sites (N-methyl/N-ethyl adjacent to an activating group) is 1. The minimum absolute atomic E-state index is 0.533. The molecule has 0 amide bonds. The number of methoxy groups -OCH3 is 1. The Bertz CT molecular complexity index is 288. The highest BCUT2D eigenvalue weighted by atomic mass is 16.5. The van der Waals surface area contributed by atoms with Crippen LogP contribution in [0.25, 0.3) is 0 Å². The highest BCUT2D eigenvalue weighted by Gasteiger charge is 2.26. The molecule has 2 aliphatic heterocycles. The van der Waals surface area contributed by atoms with E-state index in [1.165, 1.54) is 45.3 Å². The van der Waals surface area contributed by atoms with E-state index in [1.807, 2.05) is 0 Å². The SMILES string of the molecule is CCN1CCCCC1COCC(C)N1CCC(COC)C1. The molecule has 2 heterocycles. The van der Waals surface area contributed by atoms with Crippen molar-refractivity contribution in [2.24, 2.45) is 5.92 Å². The van der Waals surface area contributed by atoms with Crippen LogP contribution in [0.3, 0.4) is 0 Å². The van der Waals surface area contributed by atoms with Crippen LogP contribution in [0, 0.1) is 5.92 Å². The third-order valence-corrected chi connectivity index (χ3v) is 5.17. The first kappa shape index (κ1) is 17.2. The van der Waals surface area contributed by atoms with Crippen LogP contribution in [0.4, 0.5) is 0 Å². The molecule has 4 heteroatoms. The Kier molecular flexibility index (Phi) is 7.44. The molecular formula is C17H34N2O2. The van der Waals surface area contributed by atoms with Crippen molar-refractivity contribution in [2.75, 3.05) is 53.1 Å². The van der Waals surface area contributed by atoms with E-state index in [1.54, 1.807) is 7.11 Å². The van der Waals surface area contributed by atoms with Crippen LogP contribution in [0.5, 0.6) is 0 Å². The van der Waals surface area contributed by atoms with Gasteiger partial charge in [0.15, 0.2) is 0 Å². The summed E-state index contributed by atoms with van der Waals surface area (Å²) in [4.78, 5) is 5.14. The molecule has 3 atom stereocenters. The molecule has 0 aromatic heterocycles. The van der Waals surface area contributed by atoms with Gasteiger partial charge in [-0.05, 0) is 51.7 Å². The maximum Gasteiger partial charge on any atom is 0.0622 e. The monoisotopic (exact) mass is 298 g/mol. The highest BCUT2D eigenvalue weighted by molar-refractivity contribution is 4.80. The molecule has 0 bridgehead atoms. The lowest BCUT2D eigenvalue weighted by Crippen LogP contribution is -2.43. The van der Waals surface area contributed by atoms with Gasteiger partial charge in [-0.15, -0.1) is 0 Å². The maximum atomic E-state index is 6.06. The molecule has 3 unspecified atom stereocenters. The van der Waals surface area contributed by atoms with E-state index < -0.39 is 0 Å². The van der Waals surface area contributed by atoms with Crippen LogP contribution in [-0.4, -0.2) is 75.0 Å². The van der Waals surface area contributed by atoms with E-state index in [0.717, 1.165) is 26.4 Å². The predicted octanol–water partition coefficient (Wildman–Crippen LogP) is 2.23. The van der Waals surface area contributed by atoms with Gasteiger partial charge >= 0.3 is 0 Å². The third-order valence-electron chi connectivity index (χ3n) is 5.17. The maximum absolute atomic E-state index is 6.06. The first-order valence-electron chi connectivity index (χ1n) is 8.79. The fraction of sp³-hybridized carbons (Fsp3) is 1.00. The summed E-state index contributed by atoms with van der Waals surface area (Å²) < 4.78 is 11.3. The average Bonchev–Trinajstić information content (AvgIpc) is 2.97. The number of likely N-dealkylation sites (tertiary alicyclic amines) is 2. The van der Waals surface area contributed by atoms with Gasteiger partial charge in [0.1, 0.15) is 0 Å². The van der Waals surface area contributed by atoms with Gasteiger partial charge in [-0.1, -0.05) is 13.3 Å². The molecule has 0 aromatic carbocycles. The standard InChI is InChI=1S/C17H34N2O2/c1-4-18-9-6-5-7-17(18)14-21-12-15(2)19-10-8-16(11-19)13-20-3/h15-17H,4-14H2,1-3H3. The van der Waals surface area contributed by atoms with Crippen LogP contribution < -0.4 is 0 Å². The van der Waals surface area contributed by atoms with E-state index in [9.17, 15) is 0 Å². The van der Waals surface area contributed by atoms with E-state index in [0.29, 0.717) is 18.0 Å². The Morgan fingerprint density at radius 2 is 2.00 bits per heavy atom. The van der Waals surface area contributed by atoms with E-state index in [2.05, 4.69) is 23.6 Å². The van der Waals surface area contributed by atoms with Crippen LogP contribution in [0.15, 0.2) is 0 Å². The van der Waals surface area contributed by atoms with Gasteiger partial charge < -0.3 is 9.47 Å². The Hall–Kier alpha value is -0.160. The molecule has 0 radical (unpaired) electrons. The molecule has 2 aliphatic rings. The molecule has 2 fully saturated rings. The summed E-state index contributed by atoms with van der Waals surface area (Å²) in [6, 6.07) is 1.18. The average molecular weight is 298 g/mol. The quantitative estimate of drug-likeness (QED) is 0.686. The lowest BCUT2D eigenvalue weighted by Gasteiger charge is -2.35. The van der Waals surface area contributed by atoms with Crippen molar-refractivity contribution in [3.63, 3.8) is 0 Å². The van der Waals surface area contributed by atoms with Gasteiger partial charge in [-0.3, -0.25) is 9.80 Å². The van der Waals surface area contributed by atoms with Gasteiger partial charge in [0.25, 0.3) is 0 Å². The van der Waals surface area contributed by atoms with Gasteiger partial charge in [0.05, 0.1) is 19.8 Å². The summed E-state index contributed by atoms with van der Waals surface area (Å²) in [5, 5.41) is 0. The largest absolute Gasteiger partial charge is 0.384 e. The molecule has 0 aliphatic carbocycles. The Morgan fingerprint density at radius 1 is 1.14 bits per heavy atom. The molecule has 2 rings (SSSR count). The number of hydrogen-bond acceptors (Lipinski definition) is 4. The Morgan fingerprint density at radius 3 is 2.76 bits per heavy atom. The number of ether oxygens (including phenoxy) is 2. The van der Waals surface area contributed by atoms with Crippen molar-refractivity contribution in [2.45, 2.75) is 51.6 Å². The molecule has 0 aromatic rings. The van der Waals surface area contributed by atoms with Crippen molar-refractivity contribution >= 4 is 0 Å². The van der Waals surface area contributed by atoms with E-state index in [4.69, 9.17) is 9.47 Å². The predicted molar refractivity (Wildman–Crippen MR) is 86.7 cm³/mol. The molecule has 2 saturated heterocycles. The minimum atomic E-state index is 0.533. The first-order valence-corrected chi connectivity index (χ1v) is 8.79. The van der Waals surface area contributed by atoms with Crippen LogP contribution >= 0.6 is 0 Å². The Balaban J connectivity index is 1.63. The summed E-state index contributed by atoms with van der Waals surface area (Å²) in [6.07, 6.45) is 5.30. The lowest BCUT2D eigenvalue weighted by molar-refractivity contribution is 0.0184. The zero-order valence-corrected chi connectivity index (χ0v) is 14.2. The van der Waals surface area contributed by atoms with Crippen molar-refractivity contribution < 1.29 is 9.47 Å². The zero-order valence-electron chi connectivity index (χ0n) is 14.2. The minimum Gasteiger partial charge on any atom is -0.384 e. The number of nitrogens with zero attached hydrogens (tertiary/aromatic N) is 2. The van der Waals surface area contributed by atoms with Crippen LogP contribution in [-0.2, 0) is 9.47 Å². The summed E-state index contributed by atoms with van der Waals surface area (Å²) in [6.45, 7) is 12.0. The molecule has 4 nitrogen and oxygen atoms in total. The zero-order chi connectivity index (χ0) is 15.1. The van der Waals surface area contributed by atoms with Crippen molar-refractivity contribution in [3.05, 3.63) is 0 Å². The Labute approximate surface area is 130 Å². The highest BCUT2D eigenvalue weighted by Crippen LogP contribution is 2.20. The van der Waals surface area contributed by atoms with Gasteiger partial charge in [-0.25, -0.2) is 0 Å². The van der Waals surface area contributed by atoms with Crippen molar-refractivity contribution in [3.8, 4) is 0 Å². The number of hydrogen-bond donors (Lipinski definition) is 0. The summed E-state index contributed by atoms with van der Waals surface area (Å²) in [5.74, 6) is 0.714. The molecule has 0 spiro atoms. The second kappa shape index (κ2) is 9.09. The third kappa shape index (κ3) is 5.20. The second-order valence-electron chi connectivity index (χ2n) is 6.77. The smallest absolute Gasteiger partial charge is 0.0622 e. The molecule has 124 valence electrons. The normalized spacial score (nSPS) is 29.9. The number of rotatable bonds is 8. The van der Waals surface area contributed by atoms with Gasteiger partial charge in [0.2, 0.25) is 0 Å². The van der Waals surface area contributed by atoms with Crippen molar-refractivity contribution in [1.82, 2.24) is 9.80 Å². The van der Waals surface area contributed by atoms with Gasteiger partial charge in [-0.2, -0.15) is 0 Å². The summed E-state index contributed by atoms with van der Waals surface area (Å²) in [5.41, 5.74) is 0. The fourth-order valence-corrected chi connectivity index (χ4v) is 3.78. The van der Waals surface area contributed by atoms with Crippen LogP contribution in [0.2, 0.25) is 0 Å². The summed E-state index contributed by atoms with van der Waals surface area (Å²) in [7, 11) is 1.80. The topological polar surface area (TPSA) is 24.9 Å².